The Morgan fingerprint density at radius 3 is 2.30 bits per heavy atom. The minimum atomic E-state index is -0.212. The molecule has 0 spiro atoms. The van der Waals surface area contributed by atoms with Crippen LogP contribution in [0.4, 0.5) is 0 Å². The van der Waals surface area contributed by atoms with E-state index in [0.29, 0.717) is 23.6 Å². The number of carbonyl (C=O) groups excluding carboxylic acids is 1. The molecule has 1 aliphatic heterocycles. The Labute approximate surface area is 160 Å². The van der Waals surface area contributed by atoms with Gasteiger partial charge in [0.1, 0.15) is 22.8 Å². The Morgan fingerprint density at radius 1 is 1.07 bits per heavy atom. The summed E-state index contributed by atoms with van der Waals surface area (Å²) in [6.45, 7) is 2.49. The maximum Gasteiger partial charge on any atom is 0.258 e. The molecule has 6 heteroatoms. The number of nitrogens with zero attached hydrogens (tertiary/aromatic N) is 1. The number of furan rings is 1. The van der Waals surface area contributed by atoms with Crippen LogP contribution in [-0.2, 0) is 0 Å². The molecule has 1 aromatic carbocycles. The van der Waals surface area contributed by atoms with Crippen molar-refractivity contribution in [2.24, 2.45) is 0 Å². The highest BCUT2D eigenvalue weighted by Crippen LogP contribution is 2.29. The zero-order valence-corrected chi connectivity index (χ0v) is 16.1. The van der Waals surface area contributed by atoms with Gasteiger partial charge in [-0.1, -0.05) is 18.9 Å². The molecule has 0 aliphatic carbocycles. The van der Waals surface area contributed by atoms with Crippen molar-refractivity contribution in [3.63, 3.8) is 0 Å². The van der Waals surface area contributed by atoms with Gasteiger partial charge in [-0.05, 0) is 50.2 Å². The van der Waals surface area contributed by atoms with Gasteiger partial charge in [0.25, 0.3) is 5.91 Å². The molecule has 0 bridgehead atoms. The first-order valence-corrected chi connectivity index (χ1v) is 9.51. The minimum Gasteiger partial charge on any atom is -0.496 e. The molecule has 0 saturated carbocycles. The molecule has 1 saturated heterocycles. The quantitative estimate of drug-likeness (QED) is 0.804. The summed E-state index contributed by atoms with van der Waals surface area (Å²) in [6, 6.07) is 9.21. The molecule has 2 heterocycles. The second-order valence-corrected chi connectivity index (χ2v) is 6.73. The first kappa shape index (κ1) is 19.3. The highest BCUT2D eigenvalue weighted by atomic mass is 16.5. The fourth-order valence-electron chi connectivity index (χ4n) is 3.65. The highest BCUT2D eigenvalue weighted by Gasteiger charge is 2.26. The standard InChI is InChI=1S/C21H28N2O4/c1-25-18-9-7-10-19(26-2)20(18)21(24)22-15-16(17-11-8-14-27-17)23-12-5-3-4-6-13-23/h7-11,14,16H,3-6,12-13,15H2,1-2H3,(H,22,24). The SMILES string of the molecule is COc1cccc(OC)c1C(=O)NCC(c1ccco1)N1CCCCCC1. The van der Waals surface area contributed by atoms with E-state index < -0.39 is 0 Å². The maximum absolute atomic E-state index is 12.9. The van der Waals surface area contributed by atoms with Crippen LogP contribution in [0.5, 0.6) is 11.5 Å². The zero-order valence-electron chi connectivity index (χ0n) is 16.1. The normalized spacial score (nSPS) is 16.4. The summed E-state index contributed by atoms with van der Waals surface area (Å²) in [7, 11) is 3.10. The van der Waals surface area contributed by atoms with Crippen molar-refractivity contribution in [2.75, 3.05) is 33.9 Å². The van der Waals surface area contributed by atoms with Gasteiger partial charge in [0.05, 0.1) is 26.5 Å². The van der Waals surface area contributed by atoms with Crippen LogP contribution in [0, 0.1) is 0 Å². The molecule has 1 atom stereocenters. The summed E-state index contributed by atoms with van der Waals surface area (Å²) in [5.41, 5.74) is 0.413. The minimum absolute atomic E-state index is 0.0164. The predicted octanol–water partition coefficient (Wildman–Crippen LogP) is 3.64. The van der Waals surface area contributed by atoms with Crippen molar-refractivity contribution < 1.29 is 18.7 Å². The van der Waals surface area contributed by atoms with Crippen molar-refractivity contribution in [1.29, 1.82) is 0 Å². The average Bonchev–Trinajstić information content (AvgIpc) is 3.10. The first-order valence-electron chi connectivity index (χ1n) is 9.51. The number of benzene rings is 1. The fraction of sp³-hybridized carbons (Fsp3) is 0.476. The molecule has 1 aromatic heterocycles. The van der Waals surface area contributed by atoms with Crippen molar-refractivity contribution in [3.8, 4) is 11.5 Å². The molecule has 2 aromatic rings. The van der Waals surface area contributed by atoms with E-state index in [9.17, 15) is 4.79 Å². The number of hydrogen-bond acceptors (Lipinski definition) is 5. The Morgan fingerprint density at radius 2 is 1.74 bits per heavy atom. The molecule has 1 N–H and O–H groups in total. The molecule has 27 heavy (non-hydrogen) atoms. The topological polar surface area (TPSA) is 63.9 Å². The molecule has 1 aliphatic rings. The average molecular weight is 372 g/mol. The second kappa shape index (κ2) is 9.46. The monoisotopic (exact) mass is 372 g/mol. The summed E-state index contributed by atoms with van der Waals surface area (Å²) in [5, 5.41) is 3.05. The lowest BCUT2D eigenvalue weighted by Crippen LogP contribution is -2.38. The summed E-state index contributed by atoms with van der Waals surface area (Å²) in [4.78, 5) is 15.3. The Balaban J connectivity index is 1.76. The maximum atomic E-state index is 12.9. The van der Waals surface area contributed by atoms with Crippen LogP contribution in [0.2, 0.25) is 0 Å². The van der Waals surface area contributed by atoms with Gasteiger partial charge in [-0.2, -0.15) is 0 Å². The Hall–Kier alpha value is -2.47. The van der Waals surface area contributed by atoms with Crippen LogP contribution < -0.4 is 14.8 Å². The van der Waals surface area contributed by atoms with Crippen molar-refractivity contribution >= 4 is 5.91 Å². The van der Waals surface area contributed by atoms with Crippen LogP contribution in [0.25, 0.3) is 0 Å². The van der Waals surface area contributed by atoms with Crippen LogP contribution in [0.1, 0.15) is 47.8 Å². The molecule has 6 nitrogen and oxygen atoms in total. The molecular weight excluding hydrogens is 344 g/mol. The van der Waals surface area contributed by atoms with E-state index in [1.165, 1.54) is 25.7 Å². The van der Waals surface area contributed by atoms with Crippen LogP contribution in [0.15, 0.2) is 41.0 Å². The van der Waals surface area contributed by atoms with Crippen LogP contribution in [-0.4, -0.2) is 44.7 Å². The molecule has 1 fully saturated rings. The number of nitrogens with one attached hydrogen (secondary N) is 1. The number of amides is 1. The van der Waals surface area contributed by atoms with Gasteiger partial charge in [-0.25, -0.2) is 0 Å². The lowest BCUT2D eigenvalue weighted by atomic mass is 10.1. The van der Waals surface area contributed by atoms with Crippen molar-refractivity contribution in [1.82, 2.24) is 10.2 Å². The summed E-state index contributed by atoms with van der Waals surface area (Å²) < 4.78 is 16.4. The van der Waals surface area contributed by atoms with Crippen LogP contribution >= 0.6 is 0 Å². The van der Waals surface area contributed by atoms with Crippen molar-refractivity contribution in [3.05, 3.63) is 47.9 Å². The van der Waals surface area contributed by atoms with Gasteiger partial charge in [0.2, 0.25) is 0 Å². The van der Waals surface area contributed by atoms with E-state index in [-0.39, 0.29) is 11.9 Å². The zero-order chi connectivity index (χ0) is 19.1. The van der Waals surface area contributed by atoms with Gasteiger partial charge >= 0.3 is 0 Å². The summed E-state index contributed by atoms with van der Waals surface area (Å²) in [5.74, 6) is 1.66. The first-order chi connectivity index (χ1) is 13.2. The summed E-state index contributed by atoms with van der Waals surface area (Å²) in [6.07, 6.45) is 6.54. The molecular formula is C21H28N2O4. The van der Waals surface area contributed by atoms with Gasteiger partial charge < -0.3 is 19.2 Å². The van der Waals surface area contributed by atoms with Gasteiger partial charge in [-0.15, -0.1) is 0 Å². The number of likely N-dealkylation sites (tertiary alicyclic amines) is 1. The number of rotatable bonds is 7. The van der Waals surface area contributed by atoms with Gasteiger partial charge in [0, 0.05) is 6.54 Å². The Kier molecular flexibility index (Phi) is 6.76. The van der Waals surface area contributed by atoms with E-state index in [2.05, 4.69) is 10.2 Å². The van der Waals surface area contributed by atoms with E-state index in [1.807, 2.05) is 12.1 Å². The third kappa shape index (κ3) is 4.63. The molecule has 3 rings (SSSR count). The predicted molar refractivity (Wildman–Crippen MR) is 103 cm³/mol. The molecule has 146 valence electrons. The smallest absolute Gasteiger partial charge is 0.258 e. The van der Waals surface area contributed by atoms with E-state index in [1.54, 1.807) is 38.7 Å². The van der Waals surface area contributed by atoms with E-state index >= 15 is 0 Å². The molecule has 1 unspecified atom stereocenters. The van der Waals surface area contributed by atoms with Gasteiger partial charge in [-0.3, -0.25) is 9.69 Å². The second-order valence-electron chi connectivity index (χ2n) is 6.73. The summed E-state index contributed by atoms with van der Waals surface area (Å²) >= 11 is 0. The van der Waals surface area contributed by atoms with Crippen molar-refractivity contribution in [2.45, 2.75) is 31.7 Å². The molecule has 1 amide bonds. The third-order valence-electron chi connectivity index (χ3n) is 5.06. The van der Waals surface area contributed by atoms with Gasteiger partial charge in [0.15, 0.2) is 0 Å². The largest absolute Gasteiger partial charge is 0.496 e. The number of ether oxygens (including phenoxy) is 2. The van der Waals surface area contributed by atoms with E-state index in [4.69, 9.17) is 13.9 Å². The lowest BCUT2D eigenvalue weighted by molar-refractivity contribution is 0.0921. The van der Waals surface area contributed by atoms with E-state index in [0.717, 1.165) is 18.8 Å². The Bertz CT molecular complexity index is 700. The number of methoxy groups -OCH3 is 2. The number of hydrogen-bond donors (Lipinski definition) is 1. The highest BCUT2D eigenvalue weighted by molar-refractivity contribution is 5.99. The molecule has 0 radical (unpaired) electrons. The lowest BCUT2D eigenvalue weighted by Gasteiger charge is -2.29. The number of carbonyl (C=O) groups is 1. The third-order valence-corrected chi connectivity index (χ3v) is 5.06. The van der Waals surface area contributed by atoms with Crippen LogP contribution in [0.3, 0.4) is 0 Å². The fourth-order valence-corrected chi connectivity index (χ4v) is 3.65.